The van der Waals surface area contributed by atoms with E-state index < -0.39 is 28.9 Å². The molecule has 8 nitrogen and oxygen atoms in total. The molecule has 0 aromatic heterocycles. The molecule has 2 atom stereocenters. The lowest BCUT2D eigenvalue weighted by atomic mass is 9.84. The van der Waals surface area contributed by atoms with Crippen LogP contribution in [0.5, 0.6) is 0 Å². The highest BCUT2D eigenvalue weighted by molar-refractivity contribution is 5.81. The summed E-state index contributed by atoms with van der Waals surface area (Å²) in [4.78, 5) is 36.7. The Balaban J connectivity index is 1.28. The molecule has 1 fully saturated rings. The van der Waals surface area contributed by atoms with Gasteiger partial charge in [0.15, 0.2) is 0 Å². The summed E-state index contributed by atoms with van der Waals surface area (Å²) in [6, 6.07) is 15.7. The molecule has 35 heavy (non-hydrogen) atoms. The monoisotopic (exact) mass is 480 g/mol. The number of amides is 2. The molecule has 3 N–H and O–H groups in total. The number of carboxylic acids is 1. The van der Waals surface area contributed by atoms with Crippen LogP contribution in [0, 0.1) is 10.8 Å². The fourth-order valence-electron chi connectivity index (χ4n) is 4.79. The first kappa shape index (κ1) is 24.7. The van der Waals surface area contributed by atoms with Crippen molar-refractivity contribution in [3.8, 4) is 11.1 Å². The molecule has 4 rings (SSSR count). The molecular formula is C27H32N2O6. The minimum absolute atomic E-state index is 0.0240. The number of hydrogen-bond acceptors (Lipinski definition) is 5. The Morgan fingerprint density at radius 2 is 1.69 bits per heavy atom. The van der Waals surface area contributed by atoms with E-state index in [-0.39, 0.29) is 44.6 Å². The van der Waals surface area contributed by atoms with Crippen LogP contribution >= 0.6 is 0 Å². The van der Waals surface area contributed by atoms with Gasteiger partial charge in [-0.2, -0.15) is 0 Å². The summed E-state index contributed by atoms with van der Waals surface area (Å²) in [5, 5.41) is 15.0. The highest BCUT2D eigenvalue weighted by Gasteiger charge is 2.47. The van der Waals surface area contributed by atoms with Gasteiger partial charge in [-0.25, -0.2) is 4.79 Å². The predicted octanol–water partition coefficient (Wildman–Crippen LogP) is 3.55. The van der Waals surface area contributed by atoms with Crippen molar-refractivity contribution in [2.75, 3.05) is 26.4 Å². The molecule has 8 heteroatoms. The van der Waals surface area contributed by atoms with Gasteiger partial charge in [0.2, 0.25) is 5.91 Å². The molecule has 2 aromatic rings. The van der Waals surface area contributed by atoms with Crippen LogP contribution in [0.15, 0.2) is 48.5 Å². The third-order valence-electron chi connectivity index (χ3n) is 6.97. The molecule has 1 heterocycles. The van der Waals surface area contributed by atoms with Crippen LogP contribution in [0.4, 0.5) is 4.79 Å². The number of carboxylic acid groups (broad SMARTS) is 1. The summed E-state index contributed by atoms with van der Waals surface area (Å²) in [5.74, 6) is -1.31. The first-order chi connectivity index (χ1) is 16.6. The van der Waals surface area contributed by atoms with Crippen LogP contribution in [0.1, 0.15) is 44.2 Å². The molecule has 0 spiro atoms. The molecule has 1 aliphatic carbocycles. The van der Waals surface area contributed by atoms with Crippen molar-refractivity contribution in [1.82, 2.24) is 10.6 Å². The first-order valence-corrected chi connectivity index (χ1v) is 11.8. The van der Waals surface area contributed by atoms with Crippen molar-refractivity contribution in [2.24, 2.45) is 10.8 Å². The largest absolute Gasteiger partial charge is 0.481 e. The molecule has 1 aliphatic heterocycles. The van der Waals surface area contributed by atoms with E-state index in [0.717, 1.165) is 22.3 Å². The summed E-state index contributed by atoms with van der Waals surface area (Å²) >= 11 is 0. The molecule has 0 bridgehead atoms. The quantitative estimate of drug-likeness (QED) is 0.533. The Morgan fingerprint density at radius 1 is 1.09 bits per heavy atom. The van der Waals surface area contributed by atoms with Crippen molar-refractivity contribution in [3.63, 3.8) is 0 Å². The van der Waals surface area contributed by atoms with Crippen molar-refractivity contribution >= 4 is 18.0 Å². The lowest BCUT2D eigenvalue weighted by Gasteiger charge is -2.28. The van der Waals surface area contributed by atoms with Gasteiger partial charge in [0, 0.05) is 18.9 Å². The Labute approximate surface area is 205 Å². The van der Waals surface area contributed by atoms with Gasteiger partial charge in [0.1, 0.15) is 12.0 Å². The van der Waals surface area contributed by atoms with Crippen LogP contribution < -0.4 is 10.6 Å². The van der Waals surface area contributed by atoms with Gasteiger partial charge in [-0.1, -0.05) is 62.4 Å². The van der Waals surface area contributed by atoms with Gasteiger partial charge in [-0.05, 0) is 34.6 Å². The van der Waals surface area contributed by atoms with E-state index in [9.17, 15) is 19.5 Å². The Kier molecular flexibility index (Phi) is 6.85. The van der Waals surface area contributed by atoms with Crippen LogP contribution in [0.3, 0.4) is 0 Å². The maximum atomic E-state index is 12.6. The van der Waals surface area contributed by atoms with Crippen LogP contribution in [0.25, 0.3) is 11.1 Å². The lowest BCUT2D eigenvalue weighted by molar-refractivity contribution is -0.149. The number of nitrogens with one attached hydrogen (secondary N) is 2. The molecule has 2 unspecified atom stereocenters. The van der Waals surface area contributed by atoms with E-state index in [4.69, 9.17) is 9.47 Å². The van der Waals surface area contributed by atoms with Crippen LogP contribution in [-0.4, -0.2) is 55.5 Å². The van der Waals surface area contributed by atoms with Gasteiger partial charge in [0.05, 0.1) is 19.3 Å². The fourth-order valence-corrected chi connectivity index (χ4v) is 4.79. The van der Waals surface area contributed by atoms with Crippen molar-refractivity contribution in [3.05, 3.63) is 59.7 Å². The fraction of sp³-hybridized carbons (Fsp3) is 0.444. The maximum Gasteiger partial charge on any atom is 0.407 e. The number of fused-ring (bicyclic) bond motifs is 3. The topological polar surface area (TPSA) is 114 Å². The molecule has 0 radical (unpaired) electrons. The van der Waals surface area contributed by atoms with Gasteiger partial charge < -0.3 is 25.2 Å². The number of carbonyl (C=O) groups is 3. The second kappa shape index (κ2) is 9.70. The van der Waals surface area contributed by atoms with Crippen molar-refractivity contribution in [2.45, 2.75) is 39.2 Å². The third-order valence-corrected chi connectivity index (χ3v) is 6.97. The number of benzene rings is 2. The summed E-state index contributed by atoms with van der Waals surface area (Å²) in [7, 11) is 0. The number of rotatable bonds is 8. The second-order valence-electron chi connectivity index (χ2n) is 10.4. The summed E-state index contributed by atoms with van der Waals surface area (Å²) < 4.78 is 10.9. The van der Waals surface area contributed by atoms with Gasteiger partial charge in [-0.15, -0.1) is 0 Å². The molecule has 2 aliphatic rings. The van der Waals surface area contributed by atoms with Gasteiger partial charge in [-0.3, -0.25) is 9.59 Å². The molecule has 0 saturated carbocycles. The SMILES string of the molecule is CC(C)(CNC(=O)OCC1c2ccccc2-c2ccccc21)CC(=O)NC1COCC1(C)C(=O)O. The number of alkyl carbamates (subject to hydrolysis) is 1. The molecule has 1 saturated heterocycles. The minimum Gasteiger partial charge on any atom is -0.481 e. The Bertz CT molecular complexity index is 1080. The Hall–Kier alpha value is -3.39. The van der Waals surface area contributed by atoms with Gasteiger partial charge in [0.25, 0.3) is 0 Å². The van der Waals surface area contributed by atoms with Crippen LogP contribution in [0.2, 0.25) is 0 Å². The smallest absolute Gasteiger partial charge is 0.407 e. The standard InChI is InChI=1S/C27H32N2O6/c1-26(2,12-23(30)29-22-14-34-16-27(22,3)24(31)32)15-28-25(33)35-13-21-19-10-6-4-8-17(19)18-9-5-7-11-20(18)21/h4-11,21-22H,12-16H2,1-3H3,(H,28,33)(H,29,30)(H,31,32). The van der Waals surface area contributed by atoms with E-state index in [0.29, 0.717) is 0 Å². The summed E-state index contributed by atoms with van der Waals surface area (Å²) in [6.45, 7) is 5.95. The number of hydrogen-bond donors (Lipinski definition) is 3. The highest BCUT2D eigenvalue weighted by Crippen LogP contribution is 2.44. The zero-order valence-corrected chi connectivity index (χ0v) is 20.3. The minimum atomic E-state index is -1.15. The average Bonchev–Trinajstić information content (AvgIpc) is 3.34. The molecule has 2 aromatic carbocycles. The van der Waals surface area contributed by atoms with E-state index in [2.05, 4.69) is 34.9 Å². The normalized spacial score (nSPS) is 21.2. The predicted molar refractivity (Wildman–Crippen MR) is 130 cm³/mol. The highest BCUT2D eigenvalue weighted by atomic mass is 16.5. The maximum absolute atomic E-state index is 12.6. The molecule has 2 amide bonds. The van der Waals surface area contributed by atoms with Crippen LogP contribution in [-0.2, 0) is 19.1 Å². The summed E-state index contributed by atoms with van der Waals surface area (Å²) in [6.07, 6.45) is -0.425. The van der Waals surface area contributed by atoms with E-state index >= 15 is 0 Å². The number of ether oxygens (including phenoxy) is 2. The van der Waals surface area contributed by atoms with E-state index in [1.807, 2.05) is 38.1 Å². The zero-order chi connectivity index (χ0) is 25.2. The van der Waals surface area contributed by atoms with E-state index in [1.54, 1.807) is 6.92 Å². The van der Waals surface area contributed by atoms with Gasteiger partial charge >= 0.3 is 12.1 Å². The Morgan fingerprint density at radius 3 is 2.29 bits per heavy atom. The van der Waals surface area contributed by atoms with Crippen molar-refractivity contribution < 1.29 is 29.0 Å². The first-order valence-electron chi connectivity index (χ1n) is 11.8. The summed E-state index contributed by atoms with van der Waals surface area (Å²) in [5.41, 5.74) is 2.89. The van der Waals surface area contributed by atoms with Crippen molar-refractivity contribution in [1.29, 1.82) is 0 Å². The average molecular weight is 481 g/mol. The number of aliphatic carboxylic acids is 1. The number of carbonyl (C=O) groups excluding carboxylic acids is 2. The third kappa shape index (κ3) is 5.17. The molecular weight excluding hydrogens is 448 g/mol. The lowest BCUT2D eigenvalue weighted by Crippen LogP contribution is -2.50. The second-order valence-corrected chi connectivity index (χ2v) is 10.4. The zero-order valence-electron chi connectivity index (χ0n) is 20.3. The molecule has 186 valence electrons. The van der Waals surface area contributed by atoms with E-state index in [1.165, 1.54) is 0 Å².